The zero-order valence-corrected chi connectivity index (χ0v) is 13.3. The highest BCUT2D eigenvalue weighted by Crippen LogP contribution is 2.25. The first-order chi connectivity index (χ1) is 10.5. The molecule has 0 aliphatic heterocycles. The molecule has 0 saturated carbocycles. The molecule has 0 atom stereocenters. The summed E-state index contributed by atoms with van der Waals surface area (Å²) in [4.78, 5) is 12.1. The fourth-order valence-corrected chi connectivity index (χ4v) is 2.08. The zero-order valence-electron chi connectivity index (χ0n) is 11.7. The number of halogens is 2. The number of primary amides is 1. The maximum Gasteiger partial charge on any atom is 0.225 e. The van der Waals surface area contributed by atoms with Crippen molar-refractivity contribution in [2.24, 2.45) is 5.73 Å². The van der Waals surface area contributed by atoms with Gasteiger partial charge in [-0.05, 0) is 46.1 Å². The predicted molar refractivity (Wildman–Crippen MR) is 79.5 cm³/mol. The van der Waals surface area contributed by atoms with Crippen molar-refractivity contribution in [2.75, 3.05) is 6.61 Å². The summed E-state index contributed by atoms with van der Waals surface area (Å²) in [6.07, 6.45) is 1.49. The second kappa shape index (κ2) is 7.83. The molecule has 2 aromatic rings. The van der Waals surface area contributed by atoms with Crippen LogP contribution in [-0.4, -0.2) is 32.7 Å². The van der Waals surface area contributed by atoms with Crippen LogP contribution in [0.5, 0.6) is 5.75 Å². The fourth-order valence-electron chi connectivity index (χ4n) is 1.72. The van der Waals surface area contributed by atoms with Crippen LogP contribution >= 0.6 is 15.9 Å². The van der Waals surface area contributed by atoms with E-state index in [2.05, 4.69) is 31.3 Å². The number of nitrogens with two attached hydrogens (primary N) is 1. The Bertz CT molecular complexity index is 649. The maximum atomic E-state index is 13.1. The Morgan fingerprint density at radius 2 is 2.23 bits per heavy atom. The number of nitrogens with zero attached hydrogens (tertiary/aromatic N) is 4. The van der Waals surface area contributed by atoms with Crippen LogP contribution in [0.3, 0.4) is 0 Å². The lowest BCUT2D eigenvalue weighted by atomic mass is 10.3. The Balaban J connectivity index is 1.70. The van der Waals surface area contributed by atoms with Crippen LogP contribution < -0.4 is 10.5 Å². The van der Waals surface area contributed by atoms with E-state index in [4.69, 9.17) is 10.5 Å². The van der Waals surface area contributed by atoms with Gasteiger partial charge in [-0.3, -0.25) is 4.79 Å². The zero-order chi connectivity index (χ0) is 15.9. The van der Waals surface area contributed by atoms with Gasteiger partial charge in [-0.25, -0.2) is 4.39 Å². The maximum absolute atomic E-state index is 13.1. The first kappa shape index (κ1) is 16.3. The normalized spacial score (nSPS) is 10.6. The minimum Gasteiger partial charge on any atom is -0.492 e. The van der Waals surface area contributed by atoms with E-state index >= 15 is 0 Å². The van der Waals surface area contributed by atoms with Gasteiger partial charge in [0, 0.05) is 6.07 Å². The number of aromatic nitrogens is 4. The molecule has 0 aliphatic carbocycles. The molecule has 2 N–H and O–H groups in total. The molecule has 1 aromatic heterocycles. The monoisotopic (exact) mass is 371 g/mol. The van der Waals surface area contributed by atoms with Crippen molar-refractivity contribution in [3.63, 3.8) is 0 Å². The summed E-state index contributed by atoms with van der Waals surface area (Å²) in [6, 6.07) is 4.29. The molecule has 0 bridgehead atoms. The van der Waals surface area contributed by atoms with Gasteiger partial charge >= 0.3 is 0 Å². The number of aryl methyl sites for hydroxylation is 1. The molecule has 0 unspecified atom stereocenters. The lowest BCUT2D eigenvalue weighted by molar-refractivity contribution is -0.117. The van der Waals surface area contributed by atoms with Crippen LogP contribution in [0.1, 0.15) is 18.7 Å². The van der Waals surface area contributed by atoms with Crippen molar-refractivity contribution < 1.29 is 13.9 Å². The van der Waals surface area contributed by atoms with Gasteiger partial charge in [0.25, 0.3) is 0 Å². The number of unbranched alkanes of at least 4 members (excludes halogenated alkanes) is 1. The number of amides is 1. The SMILES string of the molecule is NC(=O)Cc1nnn(CCCCOc2cc(F)ccc2Br)n1. The highest BCUT2D eigenvalue weighted by molar-refractivity contribution is 9.10. The molecule has 0 fully saturated rings. The predicted octanol–water partition coefficient (Wildman–Crippen LogP) is 1.46. The molecule has 9 heteroatoms. The quantitative estimate of drug-likeness (QED) is 0.708. The second-order valence-corrected chi connectivity index (χ2v) is 5.43. The van der Waals surface area contributed by atoms with Crippen molar-refractivity contribution in [1.82, 2.24) is 20.2 Å². The molecule has 22 heavy (non-hydrogen) atoms. The minimum atomic E-state index is -0.492. The number of tetrazole rings is 1. The average Bonchev–Trinajstić information content (AvgIpc) is 2.89. The van der Waals surface area contributed by atoms with Crippen LogP contribution in [0.15, 0.2) is 22.7 Å². The molecule has 1 heterocycles. The summed E-state index contributed by atoms with van der Waals surface area (Å²) >= 11 is 3.30. The first-order valence-corrected chi connectivity index (χ1v) is 7.47. The molecule has 118 valence electrons. The van der Waals surface area contributed by atoms with E-state index in [1.54, 1.807) is 6.07 Å². The van der Waals surface area contributed by atoms with Crippen LogP contribution in [0.4, 0.5) is 4.39 Å². The highest BCUT2D eigenvalue weighted by atomic mass is 79.9. The van der Waals surface area contributed by atoms with Gasteiger partial charge in [0.2, 0.25) is 5.91 Å². The van der Waals surface area contributed by atoms with Gasteiger partial charge in [-0.1, -0.05) is 0 Å². The van der Waals surface area contributed by atoms with Gasteiger partial charge in [0.1, 0.15) is 11.6 Å². The number of hydrogen-bond donors (Lipinski definition) is 1. The molecule has 7 nitrogen and oxygen atoms in total. The molecule has 0 radical (unpaired) electrons. The molecule has 1 amide bonds. The summed E-state index contributed by atoms with van der Waals surface area (Å²) in [6.45, 7) is 1.00. The van der Waals surface area contributed by atoms with E-state index in [1.165, 1.54) is 16.9 Å². The van der Waals surface area contributed by atoms with Crippen LogP contribution in [0, 0.1) is 5.82 Å². The van der Waals surface area contributed by atoms with Gasteiger partial charge in [-0.2, -0.15) is 4.80 Å². The van der Waals surface area contributed by atoms with Crippen LogP contribution in [0.25, 0.3) is 0 Å². The minimum absolute atomic E-state index is 0.0172. The third-order valence-electron chi connectivity index (χ3n) is 2.73. The Morgan fingerprint density at radius 3 is 3.00 bits per heavy atom. The van der Waals surface area contributed by atoms with Gasteiger partial charge < -0.3 is 10.5 Å². The Morgan fingerprint density at radius 1 is 1.41 bits per heavy atom. The van der Waals surface area contributed by atoms with Crippen molar-refractivity contribution in [3.8, 4) is 5.75 Å². The van der Waals surface area contributed by atoms with Crippen LogP contribution in [0.2, 0.25) is 0 Å². The fraction of sp³-hybridized carbons (Fsp3) is 0.385. The molecule has 2 rings (SSSR count). The van der Waals surface area contributed by atoms with E-state index in [9.17, 15) is 9.18 Å². The first-order valence-electron chi connectivity index (χ1n) is 6.67. The Kier molecular flexibility index (Phi) is 5.82. The lowest BCUT2D eigenvalue weighted by Crippen LogP contribution is -2.15. The number of ether oxygens (including phenoxy) is 1. The van der Waals surface area contributed by atoms with Gasteiger partial charge in [0.05, 0.1) is 24.0 Å². The summed E-state index contributed by atoms with van der Waals surface area (Å²) < 4.78 is 19.3. The largest absolute Gasteiger partial charge is 0.492 e. The number of benzene rings is 1. The topological polar surface area (TPSA) is 95.9 Å². The van der Waals surface area contributed by atoms with Crippen LogP contribution in [-0.2, 0) is 17.8 Å². The van der Waals surface area contributed by atoms with Gasteiger partial charge in [-0.15, -0.1) is 10.2 Å². The van der Waals surface area contributed by atoms with E-state index < -0.39 is 5.91 Å². The molecule has 1 aromatic carbocycles. The van der Waals surface area contributed by atoms with Crippen molar-refractivity contribution in [1.29, 1.82) is 0 Å². The van der Waals surface area contributed by atoms with Crippen molar-refractivity contribution in [2.45, 2.75) is 25.8 Å². The van der Waals surface area contributed by atoms with Crippen molar-refractivity contribution >= 4 is 21.8 Å². The number of hydrogen-bond acceptors (Lipinski definition) is 5. The van der Waals surface area contributed by atoms with E-state index in [-0.39, 0.29) is 12.2 Å². The summed E-state index contributed by atoms with van der Waals surface area (Å²) in [7, 11) is 0. The molecular formula is C13H15BrFN5O2. The smallest absolute Gasteiger partial charge is 0.225 e. The Labute approximate surface area is 134 Å². The molecular weight excluding hydrogens is 357 g/mol. The number of carbonyl (C=O) groups excluding carboxylic acids is 1. The molecule has 0 spiro atoms. The molecule has 0 aliphatic rings. The summed E-state index contributed by atoms with van der Waals surface area (Å²) in [5.41, 5.74) is 5.05. The second-order valence-electron chi connectivity index (χ2n) is 4.57. The standard InChI is InChI=1S/C13H15BrFN5O2/c14-10-4-3-9(15)7-11(10)22-6-2-1-5-20-18-13(17-19-20)8-12(16)21/h3-4,7H,1-2,5-6,8H2,(H2,16,21). The summed E-state index contributed by atoms with van der Waals surface area (Å²) in [5, 5.41) is 11.6. The number of rotatable bonds is 8. The number of carbonyl (C=O) groups is 1. The average molecular weight is 372 g/mol. The van der Waals surface area contributed by atoms with E-state index in [0.717, 1.165) is 12.8 Å². The Hall–Kier alpha value is -2.03. The van der Waals surface area contributed by atoms with E-state index in [0.29, 0.717) is 29.2 Å². The summed E-state index contributed by atoms with van der Waals surface area (Å²) in [5.74, 6) is -0.0457. The third kappa shape index (κ3) is 5.06. The highest BCUT2D eigenvalue weighted by Gasteiger charge is 2.06. The van der Waals surface area contributed by atoms with Gasteiger partial charge in [0.15, 0.2) is 5.82 Å². The third-order valence-corrected chi connectivity index (χ3v) is 3.38. The van der Waals surface area contributed by atoms with Crippen molar-refractivity contribution in [3.05, 3.63) is 34.3 Å². The lowest BCUT2D eigenvalue weighted by Gasteiger charge is -2.07. The molecule has 0 saturated heterocycles. The van der Waals surface area contributed by atoms with E-state index in [1.807, 2.05) is 0 Å².